The van der Waals surface area contributed by atoms with E-state index in [4.69, 9.17) is 5.11 Å². The Morgan fingerprint density at radius 1 is 1.37 bits per heavy atom. The number of carboxylic acid groups (broad SMARTS) is 1. The van der Waals surface area contributed by atoms with Gasteiger partial charge in [-0.15, -0.1) is 0 Å². The first-order valence-corrected chi connectivity index (χ1v) is 6.06. The van der Waals surface area contributed by atoms with Gasteiger partial charge in [-0.05, 0) is 13.8 Å². The van der Waals surface area contributed by atoms with Gasteiger partial charge in [0.15, 0.2) is 5.78 Å². The molecule has 0 atom stereocenters. The maximum Gasteiger partial charge on any atom is 0.405 e. The van der Waals surface area contributed by atoms with Crippen LogP contribution >= 0.6 is 0 Å². The van der Waals surface area contributed by atoms with E-state index in [-0.39, 0.29) is 5.78 Å². The fraction of sp³-hybridized carbons (Fsp3) is 0.357. The first-order chi connectivity index (χ1) is 8.89. The molecule has 1 aliphatic rings. The summed E-state index contributed by atoms with van der Waals surface area (Å²) in [7, 11) is 0. The molecule has 0 aromatic heterocycles. The van der Waals surface area contributed by atoms with E-state index in [9.17, 15) is 9.59 Å². The molecule has 0 fully saturated rings. The zero-order chi connectivity index (χ0) is 14.0. The number of Topliss-reactive ketones (excluding diaryl/α,β-unsaturated/α-hetero) is 1. The van der Waals surface area contributed by atoms with Crippen molar-refractivity contribution in [3.63, 3.8) is 0 Å². The third-order valence-electron chi connectivity index (χ3n) is 2.98. The second kappa shape index (κ2) is 4.84. The van der Waals surface area contributed by atoms with E-state index in [1.807, 2.05) is 18.2 Å². The van der Waals surface area contributed by atoms with E-state index in [0.717, 1.165) is 11.3 Å². The minimum atomic E-state index is -1.08. The highest BCUT2D eigenvalue weighted by atomic mass is 16.4. The Morgan fingerprint density at radius 2 is 2.00 bits per heavy atom. The molecule has 2 N–H and O–H groups in total. The van der Waals surface area contributed by atoms with Crippen LogP contribution in [0, 0.1) is 0 Å². The number of nitrogens with one attached hydrogen (secondary N) is 1. The molecule has 5 nitrogen and oxygen atoms in total. The van der Waals surface area contributed by atoms with Gasteiger partial charge >= 0.3 is 6.09 Å². The van der Waals surface area contributed by atoms with Gasteiger partial charge in [0.1, 0.15) is 0 Å². The Labute approximate surface area is 111 Å². The van der Waals surface area contributed by atoms with Crippen LogP contribution in [0.1, 0.15) is 36.2 Å². The number of carbonyl (C=O) groups is 2. The van der Waals surface area contributed by atoms with E-state index in [1.54, 1.807) is 19.9 Å². The van der Waals surface area contributed by atoms with Crippen molar-refractivity contribution in [2.75, 3.05) is 6.54 Å². The second-order valence-electron chi connectivity index (χ2n) is 5.22. The molecule has 0 saturated heterocycles. The smallest absolute Gasteiger partial charge is 0.405 e. The zero-order valence-electron chi connectivity index (χ0n) is 10.9. The van der Waals surface area contributed by atoms with Crippen molar-refractivity contribution in [3.8, 4) is 0 Å². The number of hydrogen-bond donors (Lipinski definition) is 2. The molecule has 1 aliphatic carbocycles. The van der Waals surface area contributed by atoms with Crippen LogP contribution < -0.4 is 5.32 Å². The van der Waals surface area contributed by atoms with Gasteiger partial charge in [0.25, 0.3) is 0 Å². The molecular weight excluding hydrogens is 244 g/mol. The Kier molecular flexibility index (Phi) is 3.38. The summed E-state index contributed by atoms with van der Waals surface area (Å²) in [4.78, 5) is 26.8. The van der Waals surface area contributed by atoms with Gasteiger partial charge in [0.2, 0.25) is 0 Å². The molecule has 19 heavy (non-hydrogen) atoms. The zero-order valence-corrected chi connectivity index (χ0v) is 10.9. The number of nitrogens with zero attached hydrogens (tertiary/aromatic N) is 1. The quantitative estimate of drug-likeness (QED) is 0.873. The Balaban J connectivity index is 2.18. The number of fused-ring (bicyclic) bond motifs is 1. The van der Waals surface area contributed by atoms with Crippen molar-refractivity contribution < 1.29 is 14.7 Å². The molecule has 0 saturated carbocycles. The lowest BCUT2D eigenvalue weighted by Gasteiger charge is -2.22. The molecule has 0 unspecified atom stereocenters. The van der Waals surface area contributed by atoms with Crippen molar-refractivity contribution in [1.29, 1.82) is 0 Å². The summed E-state index contributed by atoms with van der Waals surface area (Å²) in [5.41, 5.74) is 1.64. The summed E-state index contributed by atoms with van der Waals surface area (Å²) in [5, 5.41) is 11.1. The first-order valence-electron chi connectivity index (χ1n) is 6.06. The molecule has 0 heterocycles. The summed E-state index contributed by atoms with van der Waals surface area (Å²) < 4.78 is 0. The van der Waals surface area contributed by atoms with Gasteiger partial charge in [-0.3, -0.25) is 9.79 Å². The van der Waals surface area contributed by atoms with Crippen molar-refractivity contribution in [2.24, 2.45) is 4.99 Å². The molecule has 1 aromatic carbocycles. The van der Waals surface area contributed by atoms with Gasteiger partial charge < -0.3 is 10.4 Å². The van der Waals surface area contributed by atoms with Crippen LogP contribution in [-0.4, -0.2) is 34.8 Å². The van der Waals surface area contributed by atoms with Gasteiger partial charge in [0.05, 0.1) is 24.2 Å². The highest BCUT2D eigenvalue weighted by Crippen LogP contribution is 2.22. The third kappa shape index (κ3) is 2.99. The van der Waals surface area contributed by atoms with Gasteiger partial charge in [0, 0.05) is 11.1 Å². The summed E-state index contributed by atoms with van der Waals surface area (Å²) in [6, 6.07) is 7.36. The standard InChI is InChI=1S/C14H16N2O3/c1-14(2,16-13(18)19)8-15-11-7-12(17)10-6-4-3-5-9(10)11/h3-6,16H,7-8H2,1-2H3,(H,18,19). The number of rotatable bonds is 3. The molecule has 0 radical (unpaired) electrons. The monoisotopic (exact) mass is 260 g/mol. The lowest BCUT2D eigenvalue weighted by atomic mass is 10.1. The lowest BCUT2D eigenvalue weighted by molar-refractivity contribution is 0.101. The van der Waals surface area contributed by atoms with E-state index in [0.29, 0.717) is 18.5 Å². The largest absolute Gasteiger partial charge is 0.465 e. The van der Waals surface area contributed by atoms with Crippen LogP contribution in [0.2, 0.25) is 0 Å². The van der Waals surface area contributed by atoms with Crippen LogP contribution in [-0.2, 0) is 0 Å². The maximum atomic E-state index is 11.8. The van der Waals surface area contributed by atoms with E-state index in [2.05, 4.69) is 10.3 Å². The first kappa shape index (κ1) is 13.3. The normalized spacial score (nSPS) is 16.5. The third-order valence-corrected chi connectivity index (χ3v) is 2.98. The predicted octanol–water partition coefficient (Wildman–Crippen LogP) is 2.11. The Bertz CT molecular complexity index is 562. The topological polar surface area (TPSA) is 78.8 Å². The average Bonchev–Trinajstić information content (AvgIpc) is 2.63. The number of ketones is 1. The van der Waals surface area contributed by atoms with Gasteiger partial charge in [-0.25, -0.2) is 4.79 Å². The number of benzene rings is 1. The van der Waals surface area contributed by atoms with Gasteiger partial charge in [-0.2, -0.15) is 0 Å². The minimum absolute atomic E-state index is 0.0679. The molecule has 100 valence electrons. The van der Waals surface area contributed by atoms with Crippen LogP contribution in [0.4, 0.5) is 4.79 Å². The highest BCUT2D eigenvalue weighted by Gasteiger charge is 2.26. The number of amides is 1. The Hall–Kier alpha value is -2.17. The fourth-order valence-electron chi connectivity index (χ4n) is 2.08. The molecule has 0 spiro atoms. The van der Waals surface area contributed by atoms with E-state index >= 15 is 0 Å². The molecular formula is C14H16N2O3. The van der Waals surface area contributed by atoms with Crippen molar-refractivity contribution >= 4 is 17.6 Å². The van der Waals surface area contributed by atoms with Crippen molar-refractivity contribution in [2.45, 2.75) is 25.8 Å². The van der Waals surface area contributed by atoms with Gasteiger partial charge in [-0.1, -0.05) is 24.3 Å². The molecule has 5 heteroatoms. The lowest BCUT2D eigenvalue weighted by Crippen LogP contribution is -2.45. The maximum absolute atomic E-state index is 11.8. The number of carbonyl (C=O) groups excluding carboxylic acids is 1. The number of hydrogen-bond acceptors (Lipinski definition) is 3. The van der Waals surface area contributed by atoms with Crippen LogP contribution in [0.5, 0.6) is 0 Å². The summed E-state index contributed by atoms with van der Waals surface area (Å²) >= 11 is 0. The number of aliphatic imine (C=N–C) groups is 1. The molecule has 0 aliphatic heterocycles. The van der Waals surface area contributed by atoms with Crippen LogP contribution in [0.3, 0.4) is 0 Å². The summed E-state index contributed by atoms with van der Waals surface area (Å²) in [5.74, 6) is 0.0679. The molecule has 1 aromatic rings. The van der Waals surface area contributed by atoms with Crippen LogP contribution in [0.15, 0.2) is 29.3 Å². The highest BCUT2D eigenvalue weighted by molar-refractivity contribution is 6.26. The summed E-state index contributed by atoms with van der Waals surface area (Å²) in [6.45, 7) is 3.82. The van der Waals surface area contributed by atoms with E-state index in [1.165, 1.54) is 0 Å². The average molecular weight is 260 g/mol. The van der Waals surface area contributed by atoms with E-state index < -0.39 is 11.6 Å². The fourth-order valence-corrected chi connectivity index (χ4v) is 2.08. The predicted molar refractivity (Wildman–Crippen MR) is 72.0 cm³/mol. The van der Waals surface area contributed by atoms with Crippen molar-refractivity contribution in [1.82, 2.24) is 5.32 Å². The summed E-state index contributed by atoms with van der Waals surface area (Å²) in [6.07, 6.45) is -0.782. The SMILES string of the molecule is CC(C)(CN=C1CC(=O)c2ccccc21)NC(=O)O. The molecule has 2 rings (SSSR count). The second-order valence-corrected chi connectivity index (χ2v) is 5.22. The molecule has 0 bridgehead atoms. The van der Waals surface area contributed by atoms with Crippen LogP contribution in [0.25, 0.3) is 0 Å². The minimum Gasteiger partial charge on any atom is -0.465 e. The molecule has 1 amide bonds. The van der Waals surface area contributed by atoms with Crippen molar-refractivity contribution in [3.05, 3.63) is 35.4 Å². The Morgan fingerprint density at radius 3 is 2.63 bits per heavy atom.